The fourth-order valence-corrected chi connectivity index (χ4v) is 4.76. The van der Waals surface area contributed by atoms with Gasteiger partial charge in [0.15, 0.2) is 0 Å². The van der Waals surface area contributed by atoms with Crippen LogP contribution in [0.1, 0.15) is 39.0 Å². The lowest BCUT2D eigenvalue weighted by Crippen LogP contribution is -2.27. The topological polar surface area (TPSA) is 87.9 Å². The van der Waals surface area contributed by atoms with E-state index in [1.165, 1.54) is 36.6 Å². The van der Waals surface area contributed by atoms with Crippen molar-refractivity contribution in [1.82, 2.24) is 9.21 Å². The van der Waals surface area contributed by atoms with Crippen molar-refractivity contribution in [2.24, 2.45) is 0 Å². The summed E-state index contributed by atoms with van der Waals surface area (Å²) >= 11 is 0. The van der Waals surface area contributed by atoms with Gasteiger partial charge in [-0.3, -0.25) is 14.5 Å². The van der Waals surface area contributed by atoms with Crippen LogP contribution >= 0.6 is 0 Å². The zero-order valence-electron chi connectivity index (χ0n) is 16.3. The normalized spacial score (nSPS) is 14.3. The Morgan fingerprint density at radius 1 is 1.03 bits per heavy atom. The molecule has 2 heterocycles. The van der Waals surface area contributed by atoms with Gasteiger partial charge in [0.2, 0.25) is 10.0 Å². The Kier molecular flexibility index (Phi) is 4.55. The van der Waals surface area contributed by atoms with E-state index in [9.17, 15) is 18.0 Å². The minimum atomic E-state index is -3.88. The molecule has 0 radical (unpaired) electrons. The van der Waals surface area contributed by atoms with Gasteiger partial charge in [0.25, 0.3) is 11.8 Å². The molecule has 2 amide bonds. The SMILES string of the molecule is CCc1oc2ccccc2c1CN(C)S(=O)(=O)c1ccc2c(c1)C(=O)N(C)C2=O. The largest absolute Gasteiger partial charge is 0.461 e. The zero-order chi connectivity index (χ0) is 20.9. The van der Waals surface area contributed by atoms with E-state index in [1.807, 2.05) is 31.2 Å². The summed E-state index contributed by atoms with van der Waals surface area (Å²) in [4.78, 5) is 25.2. The van der Waals surface area contributed by atoms with Crippen molar-refractivity contribution in [2.75, 3.05) is 14.1 Å². The molecule has 7 nitrogen and oxygen atoms in total. The highest BCUT2D eigenvalue weighted by atomic mass is 32.2. The second-order valence-electron chi connectivity index (χ2n) is 6.99. The molecule has 0 saturated heterocycles. The first-order valence-electron chi connectivity index (χ1n) is 9.17. The number of hydrogen-bond acceptors (Lipinski definition) is 5. The number of sulfonamides is 1. The smallest absolute Gasteiger partial charge is 0.261 e. The number of carbonyl (C=O) groups excluding carboxylic acids is 2. The average molecular weight is 412 g/mol. The number of imide groups is 1. The number of nitrogens with zero attached hydrogens (tertiary/aromatic N) is 2. The van der Waals surface area contributed by atoms with Crippen LogP contribution in [0.25, 0.3) is 11.0 Å². The molecular formula is C21H20N2O5S. The summed E-state index contributed by atoms with van der Waals surface area (Å²) in [6, 6.07) is 11.5. The molecule has 1 aliphatic rings. The molecule has 0 fully saturated rings. The van der Waals surface area contributed by atoms with E-state index in [0.29, 0.717) is 6.42 Å². The molecule has 1 aromatic heterocycles. The molecule has 4 rings (SSSR count). The number of furan rings is 1. The highest BCUT2D eigenvalue weighted by Gasteiger charge is 2.34. The van der Waals surface area contributed by atoms with Gasteiger partial charge in [-0.2, -0.15) is 4.31 Å². The second kappa shape index (κ2) is 6.82. The first kappa shape index (κ1) is 19.4. The molecule has 150 valence electrons. The van der Waals surface area contributed by atoms with E-state index < -0.39 is 21.8 Å². The predicted octanol–water partition coefficient (Wildman–Crippen LogP) is 3.04. The zero-order valence-corrected chi connectivity index (χ0v) is 17.1. The average Bonchev–Trinajstić information content (AvgIpc) is 3.18. The molecular weight excluding hydrogens is 392 g/mol. The molecule has 29 heavy (non-hydrogen) atoms. The highest BCUT2D eigenvalue weighted by Crippen LogP contribution is 2.30. The number of rotatable bonds is 5. The third-order valence-electron chi connectivity index (χ3n) is 5.25. The Morgan fingerprint density at radius 3 is 2.45 bits per heavy atom. The van der Waals surface area contributed by atoms with Crippen LogP contribution in [0.5, 0.6) is 0 Å². The Morgan fingerprint density at radius 2 is 1.72 bits per heavy atom. The lowest BCUT2D eigenvalue weighted by Gasteiger charge is -2.18. The van der Waals surface area contributed by atoms with Gasteiger partial charge in [0.1, 0.15) is 11.3 Å². The summed E-state index contributed by atoms with van der Waals surface area (Å²) in [5, 5.41) is 0.878. The molecule has 1 aliphatic heterocycles. The number of amides is 2. The van der Waals surface area contributed by atoms with Crippen molar-refractivity contribution in [3.8, 4) is 0 Å². The summed E-state index contributed by atoms with van der Waals surface area (Å²) in [6.45, 7) is 2.09. The van der Waals surface area contributed by atoms with Crippen LogP contribution in [0.3, 0.4) is 0 Å². The number of hydrogen-bond donors (Lipinski definition) is 0. The van der Waals surface area contributed by atoms with Gasteiger partial charge in [-0.15, -0.1) is 0 Å². The van der Waals surface area contributed by atoms with Gasteiger partial charge < -0.3 is 4.42 Å². The van der Waals surface area contributed by atoms with E-state index in [-0.39, 0.29) is 22.6 Å². The van der Waals surface area contributed by atoms with Crippen LogP contribution in [-0.2, 0) is 23.0 Å². The molecule has 3 aromatic rings. The molecule has 2 aromatic carbocycles. The highest BCUT2D eigenvalue weighted by molar-refractivity contribution is 7.89. The number of carbonyl (C=O) groups is 2. The van der Waals surface area contributed by atoms with Crippen molar-refractivity contribution in [1.29, 1.82) is 0 Å². The van der Waals surface area contributed by atoms with Gasteiger partial charge in [0.05, 0.1) is 16.0 Å². The molecule has 0 atom stereocenters. The fourth-order valence-electron chi connectivity index (χ4n) is 3.60. The fraction of sp³-hybridized carbons (Fsp3) is 0.238. The first-order valence-corrected chi connectivity index (χ1v) is 10.6. The summed E-state index contributed by atoms with van der Waals surface area (Å²) in [5.74, 6) is -0.192. The lowest BCUT2D eigenvalue weighted by atomic mass is 10.1. The van der Waals surface area contributed by atoms with Crippen molar-refractivity contribution in [2.45, 2.75) is 24.8 Å². The first-order chi connectivity index (χ1) is 13.8. The number of aryl methyl sites for hydroxylation is 1. The van der Waals surface area contributed by atoms with Crippen LogP contribution < -0.4 is 0 Å². The quantitative estimate of drug-likeness (QED) is 0.601. The molecule has 0 N–H and O–H groups in total. The maximum absolute atomic E-state index is 13.1. The predicted molar refractivity (Wildman–Crippen MR) is 107 cm³/mol. The van der Waals surface area contributed by atoms with E-state index in [0.717, 1.165) is 27.2 Å². The third kappa shape index (κ3) is 2.95. The van der Waals surface area contributed by atoms with Crippen LogP contribution in [0.2, 0.25) is 0 Å². The van der Waals surface area contributed by atoms with Crippen LogP contribution in [0.4, 0.5) is 0 Å². The Labute approximate surface area is 168 Å². The molecule has 0 aliphatic carbocycles. The minimum absolute atomic E-state index is 0.0268. The van der Waals surface area contributed by atoms with Gasteiger partial charge in [-0.05, 0) is 24.3 Å². The van der Waals surface area contributed by atoms with Crippen molar-refractivity contribution in [3.63, 3.8) is 0 Å². The van der Waals surface area contributed by atoms with Gasteiger partial charge >= 0.3 is 0 Å². The minimum Gasteiger partial charge on any atom is -0.461 e. The number of para-hydroxylation sites is 1. The second-order valence-corrected chi connectivity index (χ2v) is 9.04. The van der Waals surface area contributed by atoms with Crippen LogP contribution in [-0.4, -0.2) is 43.5 Å². The monoisotopic (exact) mass is 412 g/mol. The summed E-state index contributed by atoms with van der Waals surface area (Å²) in [6.07, 6.45) is 0.639. The summed E-state index contributed by atoms with van der Waals surface area (Å²) < 4.78 is 33.4. The molecule has 8 heteroatoms. The van der Waals surface area contributed by atoms with Crippen molar-refractivity contribution in [3.05, 3.63) is 64.9 Å². The van der Waals surface area contributed by atoms with Gasteiger partial charge in [0, 0.05) is 38.0 Å². The number of benzene rings is 2. The molecule has 0 spiro atoms. The van der Waals surface area contributed by atoms with E-state index >= 15 is 0 Å². The molecule has 0 saturated carbocycles. The van der Waals surface area contributed by atoms with Gasteiger partial charge in [-0.1, -0.05) is 25.1 Å². The van der Waals surface area contributed by atoms with E-state index in [2.05, 4.69) is 0 Å². The standard InChI is InChI=1S/C21H20N2O5S/c1-4-18-17(14-7-5-6-8-19(14)28-18)12-22(2)29(26,27)13-9-10-15-16(11-13)21(25)23(3)20(15)24/h5-11H,4,12H2,1-3H3. The van der Waals surface area contributed by atoms with Crippen molar-refractivity contribution < 1.29 is 22.4 Å². The van der Waals surface area contributed by atoms with Gasteiger partial charge in [-0.25, -0.2) is 8.42 Å². The maximum atomic E-state index is 13.1. The van der Waals surface area contributed by atoms with E-state index in [1.54, 1.807) is 0 Å². The Bertz CT molecular complexity index is 1260. The Balaban J connectivity index is 1.71. The summed E-state index contributed by atoms with van der Waals surface area (Å²) in [5.41, 5.74) is 1.86. The Hall–Kier alpha value is -2.97. The maximum Gasteiger partial charge on any atom is 0.261 e. The number of fused-ring (bicyclic) bond motifs is 2. The summed E-state index contributed by atoms with van der Waals surface area (Å²) in [7, 11) is -1.01. The van der Waals surface area contributed by atoms with E-state index in [4.69, 9.17) is 4.42 Å². The molecule has 0 unspecified atom stereocenters. The third-order valence-corrected chi connectivity index (χ3v) is 7.05. The van der Waals surface area contributed by atoms with Crippen LogP contribution in [0, 0.1) is 0 Å². The molecule has 0 bridgehead atoms. The lowest BCUT2D eigenvalue weighted by molar-refractivity contribution is 0.0693. The van der Waals surface area contributed by atoms with Crippen molar-refractivity contribution >= 4 is 32.8 Å². The van der Waals surface area contributed by atoms with Crippen LogP contribution in [0.15, 0.2) is 51.8 Å².